The Bertz CT molecular complexity index is 948. The molecule has 0 aliphatic heterocycles. The number of rotatable bonds is 4. The van der Waals surface area contributed by atoms with Crippen molar-refractivity contribution in [2.45, 2.75) is 6.54 Å². The molecular formula is C20H17N3S. The van der Waals surface area contributed by atoms with Gasteiger partial charge in [0.25, 0.3) is 0 Å². The molecule has 0 amide bonds. The Balaban J connectivity index is 1.72. The minimum atomic E-state index is 0.823. The highest BCUT2D eigenvalue weighted by atomic mass is 32.1. The zero-order chi connectivity index (χ0) is 16.4. The van der Waals surface area contributed by atoms with Crippen LogP contribution in [-0.4, -0.2) is 17.0 Å². The third-order valence-electron chi connectivity index (χ3n) is 3.99. The van der Waals surface area contributed by atoms with E-state index < -0.39 is 0 Å². The lowest BCUT2D eigenvalue weighted by Crippen LogP contribution is -2.17. The maximum atomic E-state index is 4.53. The van der Waals surface area contributed by atoms with Crippen molar-refractivity contribution in [2.75, 3.05) is 11.9 Å². The molecule has 0 radical (unpaired) electrons. The first-order valence-electron chi connectivity index (χ1n) is 7.86. The molecule has 3 nitrogen and oxygen atoms in total. The lowest BCUT2D eigenvalue weighted by atomic mass is 10.2. The Labute approximate surface area is 145 Å². The lowest BCUT2D eigenvalue weighted by Gasteiger charge is -2.18. The van der Waals surface area contributed by atoms with E-state index in [4.69, 9.17) is 0 Å². The maximum Gasteiger partial charge on any atom is 0.140 e. The number of fused-ring (bicyclic) bond motifs is 1. The van der Waals surface area contributed by atoms with Gasteiger partial charge in [0.05, 0.1) is 5.39 Å². The van der Waals surface area contributed by atoms with E-state index >= 15 is 0 Å². The van der Waals surface area contributed by atoms with E-state index in [1.165, 1.54) is 16.0 Å². The third-order valence-corrected chi connectivity index (χ3v) is 5.08. The van der Waals surface area contributed by atoms with Gasteiger partial charge in [-0.3, -0.25) is 0 Å². The van der Waals surface area contributed by atoms with E-state index in [1.54, 1.807) is 17.7 Å². The topological polar surface area (TPSA) is 29.0 Å². The molecule has 0 aliphatic rings. The van der Waals surface area contributed by atoms with Gasteiger partial charge in [-0.15, -0.1) is 11.3 Å². The zero-order valence-corrected chi connectivity index (χ0v) is 14.2. The second kappa shape index (κ2) is 6.42. The van der Waals surface area contributed by atoms with Crippen LogP contribution in [0.1, 0.15) is 5.56 Å². The predicted octanol–water partition coefficient (Wildman–Crippen LogP) is 4.99. The first-order chi connectivity index (χ1) is 11.8. The lowest BCUT2D eigenvalue weighted by molar-refractivity contribution is 0.901. The van der Waals surface area contributed by atoms with Gasteiger partial charge in [-0.1, -0.05) is 60.7 Å². The van der Waals surface area contributed by atoms with Crippen molar-refractivity contribution in [2.24, 2.45) is 0 Å². The van der Waals surface area contributed by atoms with Crippen LogP contribution < -0.4 is 4.90 Å². The highest BCUT2D eigenvalue weighted by Gasteiger charge is 2.13. The summed E-state index contributed by atoms with van der Waals surface area (Å²) in [6, 6.07) is 23.1. The number of anilines is 1. The van der Waals surface area contributed by atoms with Crippen LogP contribution in [0.3, 0.4) is 0 Å². The number of hydrogen-bond acceptors (Lipinski definition) is 4. The molecule has 0 aliphatic carbocycles. The molecule has 0 saturated carbocycles. The summed E-state index contributed by atoms with van der Waals surface area (Å²) in [5.74, 6) is 0.974. The standard InChI is InChI=1S/C20H17N3S/c1-23(13-15-8-4-2-5-9-15)19-17-12-18(16-10-6-3-7-11-16)24-20(17)22-14-21-19/h2-12,14H,13H2,1H3. The molecule has 4 aromatic rings. The monoisotopic (exact) mass is 331 g/mol. The highest BCUT2D eigenvalue weighted by molar-refractivity contribution is 7.21. The van der Waals surface area contributed by atoms with Gasteiger partial charge in [0.1, 0.15) is 17.0 Å². The number of aromatic nitrogens is 2. The molecule has 0 bridgehead atoms. The van der Waals surface area contributed by atoms with E-state index in [0.29, 0.717) is 0 Å². The Morgan fingerprint density at radius 3 is 2.38 bits per heavy atom. The minimum Gasteiger partial charge on any atom is -0.355 e. The van der Waals surface area contributed by atoms with Crippen LogP contribution in [-0.2, 0) is 6.54 Å². The van der Waals surface area contributed by atoms with Gasteiger partial charge in [-0.2, -0.15) is 0 Å². The van der Waals surface area contributed by atoms with E-state index in [0.717, 1.165) is 22.6 Å². The Hall–Kier alpha value is -2.72. The van der Waals surface area contributed by atoms with Gasteiger partial charge in [-0.25, -0.2) is 9.97 Å². The van der Waals surface area contributed by atoms with E-state index in [1.807, 2.05) is 12.1 Å². The number of hydrogen-bond donors (Lipinski definition) is 0. The van der Waals surface area contributed by atoms with Gasteiger partial charge in [0.2, 0.25) is 0 Å². The van der Waals surface area contributed by atoms with Crippen molar-refractivity contribution in [3.8, 4) is 10.4 Å². The largest absolute Gasteiger partial charge is 0.355 e. The van der Waals surface area contributed by atoms with Crippen LogP contribution in [0.25, 0.3) is 20.7 Å². The summed E-state index contributed by atoms with van der Waals surface area (Å²) in [6.07, 6.45) is 1.66. The quantitative estimate of drug-likeness (QED) is 0.527. The highest BCUT2D eigenvalue weighted by Crippen LogP contribution is 2.35. The third kappa shape index (κ3) is 2.88. The van der Waals surface area contributed by atoms with Crippen LogP contribution in [0.4, 0.5) is 5.82 Å². The molecular weight excluding hydrogens is 314 g/mol. The summed E-state index contributed by atoms with van der Waals surface area (Å²) in [4.78, 5) is 13.4. The molecule has 2 aromatic carbocycles. The molecule has 2 heterocycles. The van der Waals surface area contributed by atoms with Gasteiger partial charge >= 0.3 is 0 Å². The fourth-order valence-electron chi connectivity index (χ4n) is 2.82. The van der Waals surface area contributed by atoms with Crippen molar-refractivity contribution in [1.29, 1.82) is 0 Å². The molecule has 0 spiro atoms. The summed E-state index contributed by atoms with van der Waals surface area (Å²) in [5, 5.41) is 1.11. The van der Waals surface area contributed by atoms with E-state index in [-0.39, 0.29) is 0 Å². The average molecular weight is 331 g/mol. The Morgan fingerprint density at radius 1 is 0.917 bits per heavy atom. The van der Waals surface area contributed by atoms with Gasteiger partial charge in [0, 0.05) is 18.5 Å². The van der Waals surface area contributed by atoms with Crippen LogP contribution in [0.15, 0.2) is 73.1 Å². The van der Waals surface area contributed by atoms with Gasteiger partial charge in [-0.05, 0) is 17.2 Å². The molecule has 0 saturated heterocycles. The van der Waals surface area contributed by atoms with Crippen LogP contribution in [0.2, 0.25) is 0 Å². The number of benzene rings is 2. The van der Waals surface area contributed by atoms with Crippen molar-refractivity contribution in [3.05, 3.63) is 78.6 Å². The Morgan fingerprint density at radius 2 is 1.62 bits per heavy atom. The van der Waals surface area contributed by atoms with Gasteiger partial charge < -0.3 is 4.90 Å². The first kappa shape index (κ1) is 14.8. The van der Waals surface area contributed by atoms with Crippen molar-refractivity contribution >= 4 is 27.4 Å². The van der Waals surface area contributed by atoms with Crippen LogP contribution in [0.5, 0.6) is 0 Å². The summed E-state index contributed by atoms with van der Waals surface area (Å²) in [5.41, 5.74) is 2.49. The first-order valence-corrected chi connectivity index (χ1v) is 8.68. The van der Waals surface area contributed by atoms with E-state index in [9.17, 15) is 0 Å². The smallest absolute Gasteiger partial charge is 0.140 e. The molecule has 4 rings (SSSR count). The number of nitrogens with zero attached hydrogens (tertiary/aromatic N) is 3. The molecule has 0 N–H and O–H groups in total. The van der Waals surface area contributed by atoms with Gasteiger partial charge in [0.15, 0.2) is 0 Å². The molecule has 0 atom stereocenters. The summed E-state index contributed by atoms with van der Waals surface area (Å²) in [7, 11) is 2.08. The van der Waals surface area contributed by atoms with E-state index in [2.05, 4.69) is 76.5 Å². The molecule has 24 heavy (non-hydrogen) atoms. The van der Waals surface area contributed by atoms with Crippen LogP contribution >= 0.6 is 11.3 Å². The normalized spacial score (nSPS) is 10.9. The number of thiophene rings is 1. The van der Waals surface area contributed by atoms with Crippen molar-refractivity contribution in [3.63, 3.8) is 0 Å². The molecule has 2 aromatic heterocycles. The molecule has 118 valence electrons. The molecule has 0 unspecified atom stereocenters. The molecule has 4 heteroatoms. The van der Waals surface area contributed by atoms with Crippen LogP contribution in [0, 0.1) is 0 Å². The molecule has 0 fully saturated rings. The van der Waals surface area contributed by atoms with Crippen molar-refractivity contribution in [1.82, 2.24) is 9.97 Å². The second-order valence-electron chi connectivity index (χ2n) is 5.73. The minimum absolute atomic E-state index is 0.823. The average Bonchev–Trinajstić information content (AvgIpc) is 3.07. The maximum absolute atomic E-state index is 4.53. The summed E-state index contributed by atoms with van der Waals surface area (Å²) in [6.45, 7) is 0.823. The Kier molecular flexibility index (Phi) is 3.97. The zero-order valence-electron chi connectivity index (χ0n) is 13.4. The van der Waals surface area contributed by atoms with Crippen molar-refractivity contribution < 1.29 is 0 Å². The summed E-state index contributed by atoms with van der Waals surface area (Å²) >= 11 is 1.71. The fourth-order valence-corrected chi connectivity index (χ4v) is 3.82. The predicted molar refractivity (Wildman–Crippen MR) is 101 cm³/mol. The second-order valence-corrected chi connectivity index (χ2v) is 6.77. The fraction of sp³-hybridized carbons (Fsp3) is 0.100. The SMILES string of the molecule is CN(Cc1ccccc1)c1ncnc2sc(-c3ccccc3)cc12. The summed E-state index contributed by atoms with van der Waals surface area (Å²) < 4.78 is 0.